The summed E-state index contributed by atoms with van der Waals surface area (Å²) in [6.45, 7) is 6.69. The number of amides is 4. The van der Waals surface area contributed by atoms with E-state index >= 15 is 0 Å². The van der Waals surface area contributed by atoms with Crippen LogP contribution in [0.25, 0.3) is 0 Å². The van der Waals surface area contributed by atoms with Gasteiger partial charge in [0.25, 0.3) is 0 Å². The molecular weight excluding hydrogens is 1850 g/mol. The lowest BCUT2D eigenvalue weighted by atomic mass is 9.89. The van der Waals surface area contributed by atoms with Gasteiger partial charge in [-0.2, -0.15) is 0 Å². The number of esters is 4. The topological polar surface area (TPSA) is 409 Å². The van der Waals surface area contributed by atoms with Crippen LogP contribution in [0.1, 0.15) is 167 Å². The van der Waals surface area contributed by atoms with Crippen LogP contribution in [0.2, 0.25) is 0 Å². The van der Waals surface area contributed by atoms with Crippen LogP contribution in [0.4, 0.5) is 0 Å². The molecule has 9 aromatic carbocycles. The third kappa shape index (κ3) is 48.8. The number of ketones is 6. The first kappa shape index (κ1) is 116. The highest BCUT2D eigenvalue weighted by atomic mass is 16.6. The quantitative estimate of drug-likeness (QED) is 0.0134. The molecule has 4 amide bonds. The molecule has 30 nitrogen and oxygen atoms in total. The van der Waals surface area contributed by atoms with Gasteiger partial charge in [0.15, 0.2) is 23.1 Å². The zero-order valence-electron chi connectivity index (χ0n) is 83.3. The van der Waals surface area contributed by atoms with Gasteiger partial charge in [-0.05, 0) is 152 Å². The summed E-state index contributed by atoms with van der Waals surface area (Å²) in [4.78, 5) is 192. The molecule has 0 fully saturated rings. The summed E-state index contributed by atoms with van der Waals surface area (Å²) in [6, 6.07) is 73.1. The number of phenolic OH excluding ortho intramolecular Hbond substituents is 1. The first-order valence-electron chi connectivity index (χ1n) is 49.3. The smallest absolute Gasteiger partial charge is 0.306 e. The van der Waals surface area contributed by atoms with Crippen LogP contribution in [-0.4, -0.2) is 192 Å². The Morgan fingerprint density at radius 1 is 0.255 bits per heavy atom. The highest BCUT2D eigenvalue weighted by Crippen LogP contribution is 2.26. The lowest BCUT2D eigenvalue weighted by Gasteiger charge is -2.25. The Morgan fingerprint density at radius 3 is 0.828 bits per heavy atom. The van der Waals surface area contributed by atoms with Crippen molar-refractivity contribution in [3.63, 3.8) is 0 Å². The number of nitrogens with one attached hydrogen (secondary N) is 4. The Balaban J connectivity index is 0.000000356. The molecule has 0 saturated carbocycles. The lowest BCUT2D eigenvalue weighted by molar-refractivity contribution is -0.147. The number of Topliss-reactive ketones (excluding diaryl/α,β-unsaturated/α-hetero) is 6. The fraction of sp³-hybridized carbons (Fsp3) is 0.409. The zero-order valence-corrected chi connectivity index (χ0v) is 83.3. The largest absolute Gasteiger partial charge is 0.508 e. The van der Waals surface area contributed by atoms with E-state index in [2.05, 4.69) is 21.3 Å². The van der Waals surface area contributed by atoms with Gasteiger partial charge < -0.3 is 88.1 Å². The molecule has 774 valence electrons. The fourth-order valence-electron chi connectivity index (χ4n) is 15.6. The molecular formula is C115H138N4O26. The number of hydrogen-bond donors (Lipinski definition) is 5. The molecule has 9 rings (SSSR count). The van der Waals surface area contributed by atoms with Crippen LogP contribution in [0, 0.1) is 23.7 Å². The standard InChI is InChI=1S/C61H72N2O13.C54H66N2O13/c1-45(64)38-52(39-47-25-28-53(29-26-47)74-42-48-18-9-4-10-19-48)61(70)63-55(40-46-16-7-3-8-17-46)57(66)41-51(27-31-58(67)75-43-49-20-11-5-12-21-49)60(69)62-54(30-32-59(68)76-44-50-22-13-6-14-23-50)56(65)24-15-33-72-36-37-73-35-34-71-2;1-39(57)33-45(34-41-20-23-46(58)24-21-41)54(64)56-48(35-40-13-6-3-7-14-40)50(60)36-44(22-26-51(61)68-37-42-15-8-4-9-16-42)53(63)55-47(25-27-52(62)69-38-43-17-10-5-11-18-43)49(59)19-12-28-66-31-32-67-30-29-65-2/h3-14,16-23,25-26,28-29,51-52,54-55H,15,24,27,30-44H2,1-2H3,(H,62,69)(H,63,70);3-11,13-18,20-21,23-24,44-45,47-48,58H,12,19,22,25-38H2,1-2H3,(H,55,63)(H,56,64)/t51-,52+,54-,55-;44-,45+,47-,48-/m11/s1. The van der Waals surface area contributed by atoms with Crippen molar-refractivity contribution in [3.05, 3.63) is 311 Å². The minimum atomic E-state index is -1.18. The van der Waals surface area contributed by atoms with Gasteiger partial charge >= 0.3 is 23.9 Å². The molecule has 9 aromatic rings. The van der Waals surface area contributed by atoms with Crippen LogP contribution in [-0.2, 0) is 173 Å². The Kier molecular flexibility index (Phi) is 54.9. The number of aromatic hydroxyl groups is 1. The number of carbonyl (C=O) groups is 14. The molecule has 0 aliphatic heterocycles. The SMILES string of the molecule is COCCOCCOCCCC(=O)[C@@H](CCC(=O)OCc1ccccc1)NC(=O)[C@H](CCC(=O)OCc1ccccc1)CC(=O)[C@@H](Cc1ccccc1)NC(=O)[C@@H](CC(C)=O)Cc1ccc(O)cc1.COCCOCCOCCCC(=O)[C@@H](CCC(=O)OCc1ccccc1)NC(=O)[C@H](CCC(=O)OCc1ccccc1)CC(=O)[C@@H](Cc1ccccc1)NC(=O)[C@@H](CC(C)=O)Cc1ccc(OCc2ccccc2)cc1. The summed E-state index contributed by atoms with van der Waals surface area (Å²) in [5, 5.41) is 21.2. The summed E-state index contributed by atoms with van der Waals surface area (Å²) in [5.74, 6) is -10.4. The molecule has 145 heavy (non-hydrogen) atoms. The molecule has 0 radical (unpaired) electrons. The van der Waals surface area contributed by atoms with Crippen LogP contribution in [0.3, 0.4) is 0 Å². The first-order valence-corrected chi connectivity index (χ1v) is 49.3. The van der Waals surface area contributed by atoms with Gasteiger partial charge in [-0.25, -0.2) is 0 Å². The molecule has 0 bridgehead atoms. The summed E-state index contributed by atoms with van der Waals surface area (Å²) >= 11 is 0. The minimum Gasteiger partial charge on any atom is -0.508 e. The highest BCUT2D eigenvalue weighted by Gasteiger charge is 2.36. The summed E-state index contributed by atoms with van der Waals surface area (Å²) < 4.78 is 60.0. The van der Waals surface area contributed by atoms with E-state index < -0.39 is 120 Å². The van der Waals surface area contributed by atoms with E-state index in [4.69, 9.17) is 52.1 Å². The van der Waals surface area contributed by atoms with Crippen molar-refractivity contribution < 1.29 is 124 Å². The predicted octanol–water partition coefficient (Wildman–Crippen LogP) is 14.7. The van der Waals surface area contributed by atoms with E-state index in [9.17, 15) is 72.2 Å². The maximum absolute atomic E-state index is 14.7. The fourth-order valence-corrected chi connectivity index (χ4v) is 15.6. The van der Waals surface area contributed by atoms with Crippen molar-refractivity contribution in [2.45, 2.75) is 199 Å². The van der Waals surface area contributed by atoms with Gasteiger partial charge in [-0.1, -0.05) is 237 Å². The average Bonchev–Trinajstić information content (AvgIpc) is 0.842. The van der Waals surface area contributed by atoms with E-state index in [0.717, 1.165) is 44.5 Å². The second-order valence-electron chi connectivity index (χ2n) is 35.4. The van der Waals surface area contributed by atoms with E-state index in [1.54, 1.807) is 87.0 Å². The van der Waals surface area contributed by atoms with Gasteiger partial charge in [-0.15, -0.1) is 0 Å². The molecule has 0 heterocycles. The maximum atomic E-state index is 14.7. The van der Waals surface area contributed by atoms with Gasteiger partial charge in [-0.3, -0.25) is 57.5 Å². The van der Waals surface area contributed by atoms with Crippen molar-refractivity contribution in [2.75, 3.05) is 80.3 Å². The van der Waals surface area contributed by atoms with Crippen molar-refractivity contribution >= 4 is 82.2 Å². The van der Waals surface area contributed by atoms with E-state index in [0.29, 0.717) is 83.6 Å². The van der Waals surface area contributed by atoms with Crippen LogP contribution < -0.4 is 26.0 Å². The van der Waals surface area contributed by atoms with Gasteiger partial charge in [0.1, 0.15) is 56.1 Å². The number of phenols is 1. The average molecular weight is 1990 g/mol. The Bertz CT molecular complexity index is 5380. The third-order valence-corrected chi connectivity index (χ3v) is 23.6. The zero-order chi connectivity index (χ0) is 104. The molecule has 0 aliphatic carbocycles. The van der Waals surface area contributed by atoms with Crippen LogP contribution in [0.15, 0.2) is 261 Å². The molecule has 8 atom stereocenters. The number of benzene rings is 9. The van der Waals surface area contributed by atoms with Crippen molar-refractivity contribution in [3.8, 4) is 11.5 Å². The molecule has 0 aromatic heterocycles. The Morgan fingerprint density at radius 2 is 0.517 bits per heavy atom. The van der Waals surface area contributed by atoms with E-state index in [1.807, 2.05) is 176 Å². The molecule has 0 aliphatic rings. The van der Waals surface area contributed by atoms with Gasteiger partial charge in [0, 0.05) is 115 Å². The van der Waals surface area contributed by atoms with Crippen molar-refractivity contribution in [2.24, 2.45) is 23.7 Å². The van der Waals surface area contributed by atoms with Crippen LogP contribution >= 0.6 is 0 Å². The summed E-state index contributed by atoms with van der Waals surface area (Å²) in [7, 11) is 3.16. The Hall–Kier alpha value is -13.9. The molecule has 0 saturated heterocycles. The molecule has 30 heteroatoms. The number of hydrogen-bond acceptors (Lipinski definition) is 26. The molecule has 0 spiro atoms. The predicted molar refractivity (Wildman–Crippen MR) is 542 cm³/mol. The van der Waals surface area contributed by atoms with Gasteiger partial charge in [0.05, 0.1) is 77.0 Å². The molecule has 0 unspecified atom stereocenters. The number of ether oxygens (including phenoxy) is 11. The van der Waals surface area contributed by atoms with Crippen molar-refractivity contribution in [1.82, 2.24) is 21.3 Å². The van der Waals surface area contributed by atoms with Crippen LogP contribution in [0.5, 0.6) is 11.5 Å². The summed E-state index contributed by atoms with van der Waals surface area (Å²) in [5.41, 5.74) is 7.01. The number of methoxy groups -OCH3 is 2. The van der Waals surface area contributed by atoms with Gasteiger partial charge in [0.2, 0.25) is 23.6 Å². The monoisotopic (exact) mass is 1990 g/mol. The number of carbonyl (C=O) groups excluding carboxylic acids is 14. The maximum Gasteiger partial charge on any atom is 0.306 e. The number of rotatable bonds is 71. The highest BCUT2D eigenvalue weighted by molar-refractivity contribution is 5.98. The lowest BCUT2D eigenvalue weighted by Crippen LogP contribution is -2.48. The Labute approximate surface area is 849 Å². The third-order valence-electron chi connectivity index (χ3n) is 23.6. The summed E-state index contributed by atoms with van der Waals surface area (Å²) in [6.07, 6.45) is -1.37. The van der Waals surface area contributed by atoms with E-state index in [1.165, 1.54) is 26.0 Å². The minimum absolute atomic E-state index is 0.000700. The normalized spacial score (nSPS) is 12.6. The second-order valence-corrected chi connectivity index (χ2v) is 35.4. The molecule has 5 N–H and O–H groups in total. The second kappa shape index (κ2) is 68.4. The van der Waals surface area contributed by atoms with Crippen molar-refractivity contribution in [1.29, 1.82) is 0 Å². The first-order chi connectivity index (χ1) is 70.3. The van der Waals surface area contributed by atoms with E-state index in [-0.39, 0.29) is 171 Å².